The van der Waals surface area contributed by atoms with Gasteiger partial charge >= 0.3 is 0 Å². The highest BCUT2D eigenvalue weighted by molar-refractivity contribution is 9.10. The first kappa shape index (κ1) is 12.5. The van der Waals surface area contributed by atoms with Gasteiger partial charge in [0.1, 0.15) is 18.9 Å². The van der Waals surface area contributed by atoms with Gasteiger partial charge in [0.25, 0.3) is 0 Å². The summed E-state index contributed by atoms with van der Waals surface area (Å²) in [6.45, 7) is 8.34. The number of rotatable bonds is 4. The van der Waals surface area contributed by atoms with Crippen LogP contribution >= 0.6 is 15.9 Å². The van der Waals surface area contributed by atoms with E-state index in [0.717, 1.165) is 23.4 Å². The first-order chi connectivity index (χ1) is 6.97. The maximum atomic E-state index is 5.60. The fourth-order valence-corrected chi connectivity index (χ4v) is 1.46. The highest BCUT2D eigenvalue weighted by atomic mass is 79.9. The third kappa shape index (κ3) is 5.80. The van der Waals surface area contributed by atoms with Gasteiger partial charge < -0.3 is 10.1 Å². The largest absolute Gasteiger partial charge is 0.488 e. The molecule has 1 rings (SSSR count). The molecule has 0 unspecified atom stereocenters. The van der Waals surface area contributed by atoms with Crippen LogP contribution in [0.4, 0.5) is 0 Å². The molecule has 0 amide bonds. The molecule has 1 aromatic carbocycles. The van der Waals surface area contributed by atoms with Crippen molar-refractivity contribution in [2.45, 2.75) is 26.3 Å². The predicted molar refractivity (Wildman–Crippen MR) is 66.2 cm³/mol. The lowest BCUT2D eigenvalue weighted by atomic mass is 10.1. The van der Waals surface area contributed by atoms with Crippen molar-refractivity contribution in [3.8, 4) is 5.75 Å². The van der Waals surface area contributed by atoms with Crippen LogP contribution in [0.15, 0.2) is 28.7 Å². The van der Waals surface area contributed by atoms with E-state index in [4.69, 9.17) is 4.74 Å². The standard InChI is InChI=1S/C12H18BrNO/c1-12(2,3)14-8-9-15-11-6-4-10(13)5-7-11/h4-7,14H,8-9H2,1-3H3/p+1. The van der Waals surface area contributed by atoms with Gasteiger partial charge in [-0.05, 0) is 45.0 Å². The smallest absolute Gasteiger partial charge is 0.137 e. The molecule has 0 saturated carbocycles. The zero-order valence-corrected chi connectivity index (χ0v) is 11.2. The molecule has 3 heteroatoms. The van der Waals surface area contributed by atoms with Crippen molar-refractivity contribution < 1.29 is 10.1 Å². The van der Waals surface area contributed by atoms with Crippen LogP contribution in [0.25, 0.3) is 0 Å². The minimum Gasteiger partial charge on any atom is -0.488 e. The fraction of sp³-hybridized carbons (Fsp3) is 0.500. The van der Waals surface area contributed by atoms with Crippen LogP contribution in [0.2, 0.25) is 0 Å². The number of hydrogen-bond donors (Lipinski definition) is 1. The Labute approximate surface area is 100 Å². The molecule has 84 valence electrons. The molecular formula is C12H19BrNO+. The number of benzene rings is 1. The van der Waals surface area contributed by atoms with Crippen molar-refractivity contribution in [2.24, 2.45) is 0 Å². The molecule has 0 fully saturated rings. The van der Waals surface area contributed by atoms with Crippen LogP contribution in [0, 0.1) is 0 Å². The van der Waals surface area contributed by atoms with Crippen molar-refractivity contribution in [3.63, 3.8) is 0 Å². The molecule has 0 aliphatic carbocycles. The summed E-state index contributed by atoms with van der Waals surface area (Å²) in [6, 6.07) is 7.92. The summed E-state index contributed by atoms with van der Waals surface area (Å²) in [4.78, 5) is 0. The second-order valence-corrected chi connectivity index (χ2v) is 5.58. The molecule has 0 atom stereocenters. The van der Waals surface area contributed by atoms with Crippen molar-refractivity contribution in [3.05, 3.63) is 28.7 Å². The maximum Gasteiger partial charge on any atom is 0.137 e. The minimum absolute atomic E-state index is 0.281. The lowest BCUT2D eigenvalue weighted by Gasteiger charge is -2.16. The van der Waals surface area contributed by atoms with E-state index in [-0.39, 0.29) is 5.54 Å². The van der Waals surface area contributed by atoms with Crippen LogP contribution in [0.5, 0.6) is 5.75 Å². The van der Waals surface area contributed by atoms with Crippen LogP contribution in [0.3, 0.4) is 0 Å². The summed E-state index contributed by atoms with van der Waals surface area (Å²) in [5, 5.41) is 2.28. The Morgan fingerprint density at radius 3 is 2.33 bits per heavy atom. The van der Waals surface area contributed by atoms with Gasteiger partial charge in [-0.15, -0.1) is 0 Å². The van der Waals surface area contributed by atoms with Gasteiger partial charge in [-0.3, -0.25) is 0 Å². The molecule has 2 nitrogen and oxygen atoms in total. The molecule has 0 aliphatic rings. The molecule has 0 aliphatic heterocycles. The first-order valence-corrected chi connectivity index (χ1v) is 5.99. The molecule has 0 radical (unpaired) electrons. The van der Waals surface area contributed by atoms with E-state index in [1.54, 1.807) is 0 Å². The Morgan fingerprint density at radius 2 is 1.80 bits per heavy atom. The summed E-state index contributed by atoms with van der Waals surface area (Å²) in [5.74, 6) is 0.931. The Morgan fingerprint density at radius 1 is 1.20 bits per heavy atom. The van der Waals surface area contributed by atoms with Crippen LogP contribution in [-0.2, 0) is 0 Å². The highest BCUT2D eigenvalue weighted by Gasteiger charge is 2.11. The van der Waals surface area contributed by atoms with Gasteiger partial charge in [0.05, 0.1) is 5.54 Å². The molecule has 0 spiro atoms. The van der Waals surface area contributed by atoms with E-state index in [0.29, 0.717) is 0 Å². The SMILES string of the molecule is CC(C)(C)[NH2+]CCOc1ccc(Br)cc1. The summed E-state index contributed by atoms with van der Waals surface area (Å²) < 4.78 is 6.68. The van der Waals surface area contributed by atoms with Gasteiger partial charge in [-0.25, -0.2) is 0 Å². The summed E-state index contributed by atoms with van der Waals surface area (Å²) >= 11 is 3.39. The average Bonchev–Trinajstić information content (AvgIpc) is 2.14. The van der Waals surface area contributed by atoms with Gasteiger partial charge in [0, 0.05) is 4.47 Å². The van der Waals surface area contributed by atoms with E-state index < -0.39 is 0 Å². The normalized spacial score (nSPS) is 11.5. The average molecular weight is 273 g/mol. The number of halogens is 1. The first-order valence-electron chi connectivity index (χ1n) is 5.20. The Balaban J connectivity index is 2.23. The summed E-state index contributed by atoms with van der Waals surface area (Å²) in [5.41, 5.74) is 0.281. The lowest BCUT2D eigenvalue weighted by molar-refractivity contribution is -0.717. The topological polar surface area (TPSA) is 25.8 Å². The van der Waals surface area contributed by atoms with Crippen LogP contribution < -0.4 is 10.1 Å². The number of ether oxygens (including phenoxy) is 1. The zero-order chi connectivity index (χ0) is 11.3. The molecular weight excluding hydrogens is 254 g/mol. The summed E-state index contributed by atoms with van der Waals surface area (Å²) in [7, 11) is 0. The van der Waals surface area contributed by atoms with E-state index in [1.165, 1.54) is 0 Å². The Bertz CT molecular complexity index is 289. The number of nitrogens with two attached hydrogens (primary N) is 1. The third-order valence-corrected chi connectivity index (χ3v) is 2.49. The predicted octanol–water partition coefficient (Wildman–Crippen LogP) is 2.19. The molecule has 0 saturated heterocycles. The van der Waals surface area contributed by atoms with E-state index in [9.17, 15) is 0 Å². The second kappa shape index (κ2) is 5.52. The van der Waals surface area contributed by atoms with Gasteiger partial charge in [-0.2, -0.15) is 0 Å². The molecule has 2 N–H and O–H groups in total. The number of quaternary nitrogens is 1. The van der Waals surface area contributed by atoms with Crippen molar-refractivity contribution >= 4 is 15.9 Å². The van der Waals surface area contributed by atoms with Crippen molar-refractivity contribution in [1.82, 2.24) is 0 Å². The third-order valence-electron chi connectivity index (χ3n) is 1.96. The fourth-order valence-electron chi connectivity index (χ4n) is 1.20. The van der Waals surface area contributed by atoms with E-state index >= 15 is 0 Å². The second-order valence-electron chi connectivity index (χ2n) is 4.66. The van der Waals surface area contributed by atoms with Gasteiger partial charge in [0.15, 0.2) is 0 Å². The molecule has 0 aromatic heterocycles. The van der Waals surface area contributed by atoms with E-state index in [2.05, 4.69) is 42.0 Å². The van der Waals surface area contributed by atoms with Crippen molar-refractivity contribution in [1.29, 1.82) is 0 Å². The van der Waals surface area contributed by atoms with Crippen LogP contribution in [-0.4, -0.2) is 18.7 Å². The molecule has 0 heterocycles. The highest BCUT2D eigenvalue weighted by Crippen LogP contribution is 2.15. The van der Waals surface area contributed by atoms with E-state index in [1.807, 2.05) is 24.3 Å². The molecule has 1 aromatic rings. The molecule has 0 bridgehead atoms. The van der Waals surface area contributed by atoms with Gasteiger partial charge in [-0.1, -0.05) is 15.9 Å². The van der Waals surface area contributed by atoms with Crippen LogP contribution in [0.1, 0.15) is 20.8 Å². The number of hydrogen-bond acceptors (Lipinski definition) is 1. The summed E-state index contributed by atoms with van der Waals surface area (Å²) in [6.07, 6.45) is 0. The maximum absolute atomic E-state index is 5.60. The van der Waals surface area contributed by atoms with Gasteiger partial charge in [0.2, 0.25) is 0 Å². The molecule has 15 heavy (non-hydrogen) atoms. The minimum atomic E-state index is 0.281. The zero-order valence-electron chi connectivity index (χ0n) is 9.59. The monoisotopic (exact) mass is 272 g/mol. The Hall–Kier alpha value is -0.540. The van der Waals surface area contributed by atoms with Crippen molar-refractivity contribution in [2.75, 3.05) is 13.2 Å². The lowest BCUT2D eigenvalue weighted by Crippen LogP contribution is -2.95. The quantitative estimate of drug-likeness (QED) is 0.836. The Kier molecular flexibility index (Phi) is 4.61.